The van der Waals surface area contributed by atoms with Crippen LogP contribution in [0.2, 0.25) is 0 Å². The van der Waals surface area contributed by atoms with Gasteiger partial charge in [0.15, 0.2) is 0 Å². The van der Waals surface area contributed by atoms with Gasteiger partial charge in [-0.05, 0) is 6.42 Å². The van der Waals surface area contributed by atoms with Crippen molar-refractivity contribution in [3.63, 3.8) is 0 Å². The molecule has 5 nitrogen and oxygen atoms in total. The predicted molar refractivity (Wildman–Crippen MR) is 50.0 cm³/mol. The number of ether oxygens (including phenoxy) is 1. The number of hydrogen-bond acceptors (Lipinski definition) is 4. The average molecular weight is 209 g/mol. The minimum atomic E-state index is -1.16. The van der Waals surface area contributed by atoms with Crippen molar-refractivity contribution in [3.05, 3.63) is 0 Å². The van der Waals surface area contributed by atoms with Crippen LogP contribution in [0.5, 0.6) is 0 Å². The Morgan fingerprint density at radius 3 is 2.77 bits per heavy atom. The highest BCUT2D eigenvalue weighted by molar-refractivity contribution is 7.85. The van der Waals surface area contributed by atoms with Crippen molar-refractivity contribution >= 4 is 16.8 Å². The van der Waals surface area contributed by atoms with Crippen molar-refractivity contribution in [2.45, 2.75) is 12.5 Å². The Kier molecular flexibility index (Phi) is 6.75. The Morgan fingerprint density at radius 1 is 1.69 bits per heavy atom. The van der Waals surface area contributed by atoms with Crippen LogP contribution in [-0.2, 0) is 20.3 Å². The molecule has 0 heterocycles. The first-order valence-corrected chi connectivity index (χ1v) is 5.39. The third-order valence-corrected chi connectivity index (χ3v) is 2.88. The number of methoxy groups -OCH3 is 1. The van der Waals surface area contributed by atoms with Gasteiger partial charge in [-0.1, -0.05) is 0 Å². The molecule has 6 heteroatoms. The molecule has 2 unspecified atom stereocenters. The summed E-state index contributed by atoms with van der Waals surface area (Å²) in [4.78, 5) is 10.3. The van der Waals surface area contributed by atoms with Crippen LogP contribution in [0, 0.1) is 0 Å². The molecule has 0 aliphatic carbocycles. The molecule has 0 aromatic rings. The summed E-state index contributed by atoms with van der Waals surface area (Å²) < 4.78 is 15.9. The molecule has 0 fully saturated rings. The molecule has 3 N–H and O–H groups in total. The van der Waals surface area contributed by atoms with E-state index in [4.69, 9.17) is 15.6 Å². The Morgan fingerprint density at radius 2 is 2.31 bits per heavy atom. The molecule has 0 saturated carbocycles. The third-order valence-electron chi connectivity index (χ3n) is 1.40. The summed E-state index contributed by atoms with van der Waals surface area (Å²) in [5, 5.41) is 8.42. The lowest BCUT2D eigenvalue weighted by molar-refractivity contribution is -0.137. The Bertz CT molecular complexity index is 185. The molecule has 0 amide bonds. The minimum Gasteiger partial charge on any atom is -0.480 e. The maximum Gasteiger partial charge on any atom is 0.321 e. The molecule has 0 radical (unpaired) electrons. The largest absolute Gasteiger partial charge is 0.480 e. The standard InChI is InChI=1S/C7H15NO4S/c1-12-3-2-4-13(11)5-6(8)7(9)10/h6H,2-5,8H2,1H3,(H,9,10). The summed E-state index contributed by atoms with van der Waals surface area (Å²) in [6.45, 7) is 0.536. The number of aliphatic carboxylic acids is 1. The smallest absolute Gasteiger partial charge is 0.321 e. The zero-order valence-corrected chi connectivity index (χ0v) is 8.38. The average Bonchev–Trinajstić information content (AvgIpc) is 2.04. The zero-order chi connectivity index (χ0) is 10.3. The fraction of sp³-hybridized carbons (Fsp3) is 0.857. The van der Waals surface area contributed by atoms with Crippen LogP contribution in [0.25, 0.3) is 0 Å². The number of nitrogens with two attached hydrogens (primary N) is 1. The molecular weight excluding hydrogens is 194 g/mol. The number of rotatable bonds is 7. The van der Waals surface area contributed by atoms with Crippen LogP contribution in [0.1, 0.15) is 6.42 Å². The lowest BCUT2D eigenvalue weighted by Crippen LogP contribution is -2.36. The van der Waals surface area contributed by atoms with Gasteiger partial charge in [0.2, 0.25) is 0 Å². The first kappa shape index (κ1) is 12.5. The number of carbonyl (C=O) groups is 1. The van der Waals surface area contributed by atoms with Crippen molar-refractivity contribution in [1.29, 1.82) is 0 Å². The van der Waals surface area contributed by atoms with Gasteiger partial charge < -0.3 is 15.6 Å². The van der Waals surface area contributed by atoms with Gasteiger partial charge in [0.25, 0.3) is 0 Å². The second-order valence-electron chi connectivity index (χ2n) is 2.60. The van der Waals surface area contributed by atoms with Crippen LogP contribution < -0.4 is 5.73 Å². The molecule has 2 atom stereocenters. The van der Waals surface area contributed by atoms with Crippen molar-refractivity contribution in [3.8, 4) is 0 Å². The molecule has 0 aromatic heterocycles. The fourth-order valence-electron chi connectivity index (χ4n) is 0.719. The molecule has 0 spiro atoms. The number of carboxylic acid groups (broad SMARTS) is 1. The summed E-state index contributed by atoms with van der Waals surface area (Å²) in [6, 6.07) is -1.02. The molecule has 0 aromatic carbocycles. The van der Waals surface area contributed by atoms with Gasteiger partial charge in [-0.15, -0.1) is 0 Å². The minimum absolute atomic E-state index is 0.0129. The van der Waals surface area contributed by atoms with Crippen LogP contribution in [0.3, 0.4) is 0 Å². The summed E-state index contributed by atoms with van der Waals surface area (Å²) in [5.74, 6) is -0.659. The van der Waals surface area contributed by atoms with Gasteiger partial charge in [-0.2, -0.15) is 0 Å². The maximum absolute atomic E-state index is 11.1. The summed E-state index contributed by atoms with van der Waals surface area (Å²) in [6.07, 6.45) is 0.662. The van der Waals surface area contributed by atoms with Crippen LogP contribution in [-0.4, -0.2) is 46.5 Å². The molecular formula is C7H15NO4S. The van der Waals surface area contributed by atoms with Gasteiger partial charge in [0, 0.05) is 36.0 Å². The summed E-state index contributed by atoms with van der Waals surface area (Å²) in [7, 11) is 0.403. The van der Waals surface area contributed by atoms with Crippen LogP contribution >= 0.6 is 0 Å². The normalized spacial score (nSPS) is 15.2. The number of hydrogen-bond donors (Lipinski definition) is 2. The fourth-order valence-corrected chi connectivity index (χ4v) is 1.87. The van der Waals surface area contributed by atoms with Crippen molar-refractivity contribution < 1.29 is 18.8 Å². The summed E-state index contributed by atoms with van der Waals surface area (Å²) >= 11 is 0. The first-order chi connectivity index (χ1) is 6.07. The Labute approximate surface area is 79.7 Å². The first-order valence-electron chi connectivity index (χ1n) is 3.90. The van der Waals surface area contributed by atoms with Crippen molar-refractivity contribution in [2.24, 2.45) is 5.73 Å². The van der Waals surface area contributed by atoms with E-state index in [0.717, 1.165) is 0 Å². The van der Waals surface area contributed by atoms with Gasteiger partial charge in [-0.3, -0.25) is 9.00 Å². The zero-order valence-electron chi connectivity index (χ0n) is 7.56. The van der Waals surface area contributed by atoms with Gasteiger partial charge in [0.05, 0.1) is 0 Å². The molecule has 0 aliphatic rings. The quantitative estimate of drug-likeness (QED) is 0.535. The van der Waals surface area contributed by atoms with Gasteiger partial charge in [-0.25, -0.2) is 0 Å². The molecule has 0 saturated heterocycles. The lowest BCUT2D eigenvalue weighted by Gasteiger charge is -2.05. The third kappa shape index (κ3) is 6.68. The van der Waals surface area contributed by atoms with Crippen molar-refractivity contribution in [2.75, 3.05) is 25.2 Å². The van der Waals surface area contributed by atoms with E-state index >= 15 is 0 Å². The maximum atomic E-state index is 11.1. The topological polar surface area (TPSA) is 89.6 Å². The van der Waals surface area contributed by atoms with E-state index in [1.807, 2.05) is 0 Å². The van der Waals surface area contributed by atoms with E-state index in [9.17, 15) is 9.00 Å². The second-order valence-corrected chi connectivity index (χ2v) is 4.22. The van der Waals surface area contributed by atoms with Crippen LogP contribution in [0.4, 0.5) is 0 Å². The van der Waals surface area contributed by atoms with Gasteiger partial charge >= 0.3 is 5.97 Å². The van der Waals surface area contributed by atoms with Crippen molar-refractivity contribution in [1.82, 2.24) is 0 Å². The SMILES string of the molecule is COCCCS(=O)CC(N)C(=O)O. The Balaban J connectivity index is 3.56. The highest BCUT2D eigenvalue weighted by Gasteiger charge is 2.14. The highest BCUT2D eigenvalue weighted by atomic mass is 32.2. The lowest BCUT2D eigenvalue weighted by atomic mass is 10.4. The molecule has 13 heavy (non-hydrogen) atoms. The predicted octanol–water partition coefficient (Wildman–Crippen LogP) is -0.816. The van der Waals surface area contributed by atoms with E-state index in [1.165, 1.54) is 0 Å². The summed E-state index contributed by atoms with van der Waals surface area (Å²) in [5.41, 5.74) is 5.20. The second kappa shape index (κ2) is 6.99. The molecule has 0 aliphatic heterocycles. The van der Waals surface area contributed by atoms with E-state index < -0.39 is 22.8 Å². The van der Waals surface area contributed by atoms with E-state index in [-0.39, 0.29) is 5.75 Å². The van der Waals surface area contributed by atoms with E-state index in [2.05, 4.69) is 0 Å². The number of carboxylic acids is 1. The van der Waals surface area contributed by atoms with Crippen LogP contribution in [0.15, 0.2) is 0 Å². The van der Waals surface area contributed by atoms with E-state index in [1.54, 1.807) is 7.11 Å². The van der Waals surface area contributed by atoms with Gasteiger partial charge in [0.1, 0.15) is 6.04 Å². The molecule has 0 bridgehead atoms. The molecule has 78 valence electrons. The highest BCUT2D eigenvalue weighted by Crippen LogP contribution is 1.91. The Hall–Kier alpha value is -0.460. The molecule has 0 rings (SSSR count). The monoisotopic (exact) mass is 209 g/mol. The van der Waals surface area contributed by atoms with E-state index in [0.29, 0.717) is 18.8 Å².